The van der Waals surface area contributed by atoms with E-state index in [-0.39, 0.29) is 12.5 Å². The van der Waals surface area contributed by atoms with E-state index in [4.69, 9.17) is 5.11 Å². The van der Waals surface area contributed by atoms with Crippen molar-refractivity contribution in [2.45, 2.75) is 38.9 Å². The first-order valence-electron chi connectivity index (χ1n) is 7.93. The average Bonchev–Trinajstić information content (AvgIpc) is 2.92. The smallest absolute Gasteiger partial charge is 0.393 e. The van der Waals surface area contributed by atoms with E-state index in [0.29, 0.717) is 19.0 Å². The topological polar surface area (TPSA) is 60.9 Å². The molecule has 2 aliphatic heterocycles. The number of likely N-dealkylation sites (tertiary alicyclic amines) is 2. The van der Waals surface area contributed by atoms with Crippen LogP contribution in [0.2, 0.25) is 0 Å². The summed E-state index contributed by atoms with van der Waals surface area (Å²) in [4.78, 5) is 26.6. The SMILES string of the molecule is CC1CCN(C(=O)C(C)N2C[C@@H](C(F)(F)F)[C@H](C(=O)O)C2)CC1. The molecule has 8 heteroatoms. The molecule has 2 rings (SSSR count). The van der Waals surface area contributed by atoms with Crippen molar-refractivity contribution in [1.82, 2.24) is 9.80 Å². The number of halogens is 3. The van der Waals surface area contributed by atoms with Crippen LogP contribution >= 0.6 is 0 Å². The van der Waals surface area contributed by atoms with Gasteiger partial charge >= 0.3 is 12.1 Å². The third-order valence-corrected chi connectivity index (χ3v) is 5.09. The number of carbonyl (C=O) groups excluding carboxylic acids is 1. The van der Waals surface area contributed by atoms with Crippen LogP contribution in [-0.4, -0.2) is 65.2 Å². The van der Waals surface area contributed by atoms with Gasteiger partial charge in [0.2, 0.25) is 5.91 Å². The number of rotatable bonds is 3. The van der Waals surface area contributed by atoms with Gasteiger partial charge in [-0.3, -0.25) is 14.5 Å². The maximum Gasteiger partial charge on any atom is 0.393 e. The summed E-state index contributed by atoms with van der Waals surface area (Å²) in [5, 5.41) is 9.04. The van der Waals surface area contributed by atoms with Gasteiger partial charge in [-0.2, -0.15) is 13.2 Å². The molecule has 0 saturated carbocycles. The van der Waals surface area contributed by atoms with Gasteiger partial charge < -0.3 is 10.0 Å². The molecule has 1 N–H and O–H groups in total. The highest BCUT2D eigenvalue weighted by atomic mass is 19.4. The second kappa shape index (κ2) is 6.67. The number of carbonyl (C=O) groups is 2. The standard InChI is InChI=1S/C15H23F3N2O3/c1-9-3-5-19(6-4-9)13(21)10(2)20-7-11(14(22)23)12(8-20)15(16,17)18/h9-12H,3-8H2,1-2H3,(H,22,23)/t10?,11-,12-/m1/s1. The first-order chi connectivity index (χ1) is 10.6. The molecule has 1 amide bonds. The van der Waals surface area contributed by atoms with Crippen molar-refractivity contribution in [3.63, 3.8) is 0 Å². The molecule has 132 valence electrons. The van der Waals surface area contributed by atoms with E-state index in [1.165, 1.54) is 4.90 Å². The van der Waals surface area contributed by atoms with E-state index >= 15 is 0 Å². The van der Waals surface area contributed by atoms with Crippen LogP contribution in [0.1, 0.15) is 26.7 Å². The Bertz CT molecular complexity index is 461. The van der Waals surface area contributed by atoms with Crippen LogP contribution < -0.4 is 0 Å². The molecule has 0 aromatic carbocycles. The fraction of sp³-hybridized carbons (Fsp3) is 0.867. The van der Waals surface area contributed by atoms with Crippen LogP contribution in [0.5, 0.6) is 0 Å². The van der Waals surface area contributed by atoms with Crippen molar-refractivity contribution in [1.29, 1.82) is 0 Å². The van der Waals surface area contributed by atoms with Crippen molar-refractivity contribution in [2.24, 2.45) is 17.8 Å². The largest absolute Gasteiger partial charge is 0.481 e. The lowest BCUT2D eigenvalue weighted by Crippen LogP contribution is -2.49. The Morgan fingerprint density at radius 3 is 2.17 bits per heavy atom. The molecule has 2 fully saturated rings. The lowest BCUT2D eigenvalue weighted by molar-refractivity contribution is -0.188. The summed E-state index contributed by atoms with van der Waals surface area (Å²) in [5.41, 5.74) is 0. The lowest BCUT2D eigenvalue weighted by atomic mass is 9.96. The summed E-state index contributed by atoms with van der Waals surface area (Å²) >= 11 is 0. The van der Waals surface area contributed by atoms with Crippen LogP contribution in [0.3, 0.4) is 0 Å². The molecule has 5 nitrogen and oxygen atoms in total. The van der Waals surface area contributed by atoms with Crippen LogP contribution in [0.15, 0.2) is 0 Å². The summed E-state index contributed by atoms with van der Waals surface area (Å²) in [7, 11) is 0. The fourth-order valence-corrected chi connectivity index (χ4v) is 3.38. The number of hydrogen-bond acceptors (Lipinski definition) is 3. The van der Waals surface area contributed by atoms with Crippen LogP contribution in [0.25, 0.3) is 0 Å². The average molecular weight is 336 g/mol. The Balaban J connectivity index is 2.03. The molecule has 2 aliphatic rings. The van der Waals surface area contributed by atoms with Crippen molar-refractivity contribution >= 4 is 11.9 Å². The summed E-state index contributed by atoms with van der Waals surface area (Å²) in [5.74, 6) is -4.54. The molecule has 2 saturated heterocycles. The number of nitrogens with zero attached hydrogens (tertiary/aromatic N) is 2. The van der Waals surface area contributed by atoms with Gasteiger partial charge in [-0.15, -0.1) is 0 Å². The van der Waals surface area contributed by atoms with Gasteiger partial charge in [0, 0.05) is 26.2 Å². The van der Waals surface area contributed by atoms with Gasteiger partial charge in [-0.25, -0.2) is 0 Å². The number of hydrogen-bond donors (Lipinski definition) is 1. The highest BCUT2D eigenvalue weighted by Crippen LogP contribution is 2.38. The summed E-state index contributed by atoms with van der Waals surface area (Å²) in [6.45, 7) is 4.23. The Hall–Kier alpha value is -1.31. The molecule has 0 aromatic heterocycles. The number of carboxylic acid groups (broad SMARTS) is 1. The van der Waals surface area contributed by atoms with E-state index in [0.717, 1.165) is 12.8 Å². The van der Waals surface area contributed by atoms with Crippen LogP contribution in [-0.2, 0) is 9.59 Å². The summed E-state index contributed by atoms with van der Waals surface area (Å²) in [6, 6.07) is -0.724. The summed E-state index contributed by atoms with van der Waals surface area (Å²) < 4.78 is 39.1. The van der Waals surface area contributed by atoms with Crippen molar-refractivity contribution in [3.05, 3.63) is 0 Å². The molecular weight excluding hydrogens is 313 g/mol. The normalized spacial score (nSPS) is 28.8. The van der Waals surface area contributed by atoms with Gasteiger partial charge in [0.25, 0.3) is 0 Å². The molecule has 23 heavy (non-hydrogen) atoms. The predicted molar refractivity (Wildman–Crippen MR) is 76.7 cm³/mol. The van der Waals surface area contributed by atoms with E-state index in [1.54, 1.807) is 11.8 Å². The van der Waals surface area contributed by atoms with Gasteiger partial charge in [-0.1, -0.05) is 6.92 Å². The Kier molecular flexibility index (Phi) is 5.23. The number of aliphatic carboxylic acids is 1. The minimum atomic E-state index is -4.57. The van der Waals surface area contributed by atoms with Gasteiger partial charge in [-0.05, 0) is 25.7 Å². The van der Waals surface area contributed by atoms with Gasteiger partial charge in [0.05, 0.1) is 17.9 Å². The second-order valence-electron chi connectivity index (χ2n) is 6.73. The highest BCUT2D eigenvalue weighted by Gasteiger charge is 2.53. The number of piperidine rings is 1. The number of alkyl halides is 3. The minimum absolute atomic E-state index is 0.205. The molecule has 1 unspecified atom stereocenters. The fourth-order valence-electron chi connectivity index (χ4n) is 3.38. The second-order valence-corrected chi connectivity index (χ2v) is 6.73. The minimum Gasteiger partial charge on any atom is -0.481 e. The van der Waals surface area contributed by atoms with Crippen molar-refractivity contribution in [3.8, 4) is 0 Å². The summed E-state index contributed by atoms with van der Waals surface area (Å²) in [6.07, 6.45) is -2.79. The third kappa shape index (κ3) is 3.97. The monoisotopic (exact) mass is 336 g/mol. The first kappa shape index (κ1) is 18.0. The van der Waals surface area contributed by atoms with E-state index in [1.807, 2.05) is 0 Å². The van der Waals surface area contributed by atoms with Gasteiger partial charge in [0.1, 0.15) is 0 Å². The van der Waals surface area contributed by atoms with Crippen molar-refractivity contribution in [2.75, 3.05) is 26.2 Å². The Labute approximate surface area is 133 Å². The quantitative estimate of drug-likeness (QED) is 0.854. The maximum atomic E-state index is 13.0. The third-order valence-electron chi connectivity index (χ3n) is 5.09. The molecule has 0 spiro atoms. The molecule has 0 radical (unpaired) electrons. The molecule has 3 atom stereocenters. The number of carboxylic acids is 1. The molecule has 0 bridgehead atoms. The highest BCUT2D eigenvalue weighted by molar-refractivity contribution is 5.82. The van der Waals surface area contributed by atoms with Crippen LogP contribution in [0, 0.1) is 17.8 Å². The molecule has 0 aliphatic carbocycles. The van der Waals surface area contributed by atoms with Crippen LogP contribution in [0.4, 0.5) is 13.2 Å². The van der Waals surface area contributed by atoms with E-state index < -0.39 is 36.6 Å². The Morgan fingerprint density at radius 1 is 1.17 bits per heavy atom. The first-order valence-corrected chi connectivity index (χ1v) is 7.93. The zero-order valence-corrected chi connectivity index (χ0v) is 13.3. The van der Waals surface area contributed by atoms with Gasteiger partial charge in [0.15, 0.2) is 0 Å². The molecule has 2 heterocycles. The predicted octanol–water partition coefficient (Wildman–Crippen LogP) is 1.83. The molecule has 0 aromatic rings. The zero-order chi connectivity index (χ0) is 17.4. The zero-order valence-electron chi connectivity index (χ0n) is 13.3. The van der Waals surface area contributed by atoms with E-state index in [2.05, 4.69) is 6.92 Å². The molecular formula is C15H23F3N2O3. The Morgan fingerprint density at radius 2 is 1.74 bits per heavy atom. The lowest BCUT2D eigenvalue weighted by Gasteiger charge is -2.34. The van der Waals surface area contributed by atoms with Crippen molar-refractivity contribution < 1.29 is 27.9 Å². The maximum absolute atomic E-state index is 13.0. The number of amides is 1. The van der Waals surface area contributed by atoms with E-state index in [9.17, 15) is 22.8 Å².